The Balaban J connectivity index is 1.57. The Morgan fingerprint density at radius 3 is 3.11 bits per heavy atom. The van der Waals surface area contributed by atoms with E-state index in [1.807, 2.05) is 6.20 Å². The molecule has 1 saturated heterocycles. The minimum Gasteiger partial charge on any atom is -0.312 e. The lowest BCUT2D eigenvalue weighted by molar-refractivity contribution is 0.159. The first kappa shape index (κ1) is 13.6. The fraction of sp³-hybridized carbons (Fsp3) is 0.786. The van der Waals surface area contributed by atoms with E-state index < -0.39 is 0 Å². The van der Waals surface area contributed by atoms with E-state index in [1.54, 1.807) is 0 Å². The van der Waals surface area contributed by atoms with E-state index >= 15 is 0 Å². The third kappa shape index (κ3) is 3.82. The van der Waals surface area contributed by atoms with Crippen LogP contribution < -0.4 is 5.32 Å². The summed E-state index contributed by atoms with van der Waals surface area (Å²) >= 11 is 0. The van der Waals surface area contributed by atoms with Crippen LogP contribution in [-0.4, -0.2) is 40.8 Å². The number of hydrogen-bond donors (Lipinski definition) is 2. The average Bonchev–Trinajstić information content (AvgIpc) is 2.77. The van der Waals surface area contributed by atoms with Gasteiger partial charge in [0.05, 0.1) is 6.20 Å². The van der Waals surface area contributed by atoms with Gasteiger partial charge in [-0.2, -0.15) is 5.10 Å². The Kier molecular flexibility index (Phi) is 5.20. The fourth-order valence-electron chi connectivity index (χ4n) is 2.67. The first-order valence-electron chi connectivity index (χ1n) is 7.21. The largest absolute Gasteiger partial charge is 0.312 e. The number of aromatic nitrogens is 2. The molecule has 2 heterocycles. The normalized spacial score (nSPS) is 21.3. The number of nitrogens with one attached hydrogen (secondary N) is 2. The van der Waals surface area contributed by atoms with Crippen molar-refractivity contribution in [3.8, 4) is 0 Å². The maximum absolute atomic E-state index is 4.03. The van der Waals surface area contributed by atoms with Crippen LogP contribution in [0, 0.1) is 6.92 Å². The number of H-pyrrole nitrogens is 1. The van der Waals surface area contributed by atoms with Gasteiger partial charge in [0.2, 0.25) is 0 Å². The van der Waals surface area contributed by atoms with E-state index in [-0.39, 0.29) is 0 Å². The predicted molar refractivity (Wildman–Crippen MR) is 74.5 cm³/mol. The zero-order valence-corrected chi connectivity index (χ0v) is 11.7. The lowest BCUT2D eigenvalue weighted by atomic mass is 10.0. The van der Waals surface area contributed by atoms with Crippen LogP contribution >= 0.6 is 0 Å². The molecule has 4 heteroatoms. The Labute approximate surface area is 110 Å². The minimum atomic E-state index is 0.787. The summed E-state index contributed by atoms with van der Waals surface area (Å²) < 4.78 is 0. The fourth-order valence-corrected chi connectivity index (χ4v) is 2.67. The number of rotatable bonds is 6. The predicted octanol–water partition coefficient (Wildman–Crippen LogP) is 2.07. The molecule has 2 N–H and O–H groups in total. The van der Waals surface area contributed by atoms with E-state index in [2.05, 4.69) is 34.3 Å². The van der Waals surface area contributed by atoms with Gasteiger partial charge in [0.1, 0.15) is 0 Å². The van der Waals surface area contributed by atoms with Gasteiger partial charge in [0, 0.05) is 23.8 Å². The Hall–Kier alpha value is -0.870. The van der Waals surface area contributed by atoms with Crippen LogP contribution in [0.15, 0.2) is 6.20 Å². The SMILES string of the molecule is Cc1[nH]ncc1CNCCCN1CCCCC1C. The first-order chi connectivity index (χ1) is 8.77. The molecule has 1 unspecified atom stereocenters. The number of hydrogen-bond acceptors (Lipinski definition) is 3. The van der Waals surface area contributed by atoms with E-state index in [0.29, 0.717) is 0 Å². The van der Waals surface area contributed by atoms with Gasteiger partial charge in [-0.3, -0.25) is 5.10 Å². The van der Waals surface area contributed by atoms with E-state index in [0.717, 1.165) is 19.1 Å². The molecule has 4 nitrogen and oxygen atoms in total. The van der Waals surface area contributed by atoms with Crippen LogP contribution in [0.25, 0.3) is 0 Å². The summed E-state index contributed by atoms with van der Waals surface area (Å²) in [5.41, 5.74) is 2.45. The Morgan fingerprint density at radius 2 is 2.39 bits per heavy atom. The molecule has 0 amide bonds. The number of piperidine rings is 1. The minimum absolute atomic E-state index is 0.787. The van der Waals surface area contributed by atoms with Gasteiger partial charge in [0.15, 0.2) is 0 Å². The van der Waals surface area contributed by atoms with E-state index in [4.69, 9.17) is 0 Å². The van der Waals surface area contributed by atoms with Gasteiger partial charge in [-0.25, -0.2) is 0 Å². The molecule has 0 spiro atoms. The van der Waals surface area contributed by atoms with Gasteiger partial charge >= 0.3 is 0 Å². The summed E-state index contributed by atoms with van der Waals surface area (Å²) in [6.07, 6.45) is 7.32. The lowest BCUT2D eigenvalue weighted by Gasteiger charge is -2.33. The van der Waals surface area contributed by atoms with Gasteiger partial charge in [0.25, 0.3) is 0 Å². The number of likely N-dealkylation sites (tertiary alicyclic amines) is 1. The molecular weight excluding hydrogens is 224 g/mol. The van der Waals surface area contributed by atoms with Crippen molar-refractivity contribution in [3.63, 3.8) is 0 Å². The standard InChI is InChI=1S/C14H26N4/c1-12-6-3-4-8-18(12)9-5-7-15-10-14-11-16-17-13(14)2/h11-12,15H,3-10H2,1-2H3,(H,16,17). The Morgan fingerprint density at radius 1 is 1.50 bits per heavy atom. The van der Waals surface area contributed by atoms with Crippen molar-refractivity contribution in [2.75, 3.05) is 19.6 Å². The molecule has 102 valence electrons. The third-order valence-electron chi connectivity index (χ3n) is 3.99. The van der Waals surface area contributed by atoms with Gasteiger partial charge in [-0.05, 0) is 52.7 Å². The van der Waals surface area contributed by atoms with Crippen molar-refractivity contribution in [1.29, 1.82) is 0 Å². The summed E-state index contributed by atoms with van der Waals surface area (Å²) in [4.78, 5) is 2.63. The summed E-state index contributed by atoms with van der Waals surface area (Å²) in [5, 5.41) is 10.5. The van der Waals surface area contributed by atoms with E-state index in [1.165, 1.54) is 50.0 Å². The topological polar surface area (TPSA) is 44.0 Å². The van der Waals surface area contributed by atoms with Crippen molar-refractivity contribution in [3.05, 3.63) is 17.5 Å². The first-order valence-corrected chi connectivity index (χ1v) is 7.21. The second-order valence-corrected chi connectivity index (χ2v) is 5.43. The van der Waals surface area contributed by atoms with Crippen molar-refractivity contribution in [2.45, 2.75) is 52.1 Å². The maximum Gasteiger partial charge on any atom is 0.0535 e. The smallest absolute Gasteiger partial charge is 0.0535 e. The van der Waals surface area contributed by atoms with Crippen LogP contribution in [0.5, 0.6) is 0 Å². The summed E-state index contributed by atoms with van der Waals surface area (Å²) in [5.74, 6) is 0. The van der Waals surface area contributed by atoms with Crippen molar-refractivity contribution < 1.29 is 0 Å². The highest BCUT2D eigenvalue weighted by Crippen LogP contribution is 2.16. The van der Waals surface area contributed by atoms with Crippen molar-refractivity contribution >= 4 is 0 Å². The zero-order chi connectivity index (χ0) is 12.8. The second-order valence-electron chi connectivity index (χ2n) is 5.43. The molecule has 0 bridgehead atoms. The highest BCUT2D eigenvalue weighted by Gasteiger charge is 2.16. The Bertz CT molecular complexity index is 347. The van der Waals surface area contributed by atoms with Crippen LogP contribution in [0.4, 0.5) is 0 Å². The van der Waals surface area contributed by atoms with Crippen molar-refractivity contribution in [2.24, 2.45) is 0 Å². The molecule has 1 aromatic heterocycles. The molecule has 0 saturated carbocycles. The molecule has 2 rings (SSSR count). The summed E-state index contributed by atoms with van der Waals surface area (Å²) in [6.45, 7) is 8.98. The molecule has 0 radical (unpaired) electrons. The highest BCUT2D eigenvalue weighted by atomic mass is 15.2. The molecule has 1 aromatic rings. The molecular formula is C14H26N4. The molecule has 1 aliphatic rings. The van der Waals surface area contributed by atoms with Crippen LogP contribution in [-0.2, 0) is 6.54 Å². The van der Waals surface area contributed by atoms with Crippen molar-refractivity contribution in [1.82, 2.24) is 20.4 Å². The molecule has 0 aliphatic carbocycles. The van der Waals surface area contributed by atoms with Crippen LogP contribution in [0.2, 0.25) is 0 Å². The number of aryl methyl sites for hydroxylation is 1. The molecule has 1 atom stereocenters. The molecule has 1 fully saturated rings. The van der Waals surface area contributed by atoms with Gasteiger partial charge in [-0.15, -0.1) is 0 Å². The van der Waals surface area contributed by atoms with Gasteiger partial charge in [-0.1, -0.05) is 6.42 Å². The monoisotopic (exact) mass is 250 g/mol. The highest BCUT2D eigenvalue weighted by molar-refractivity contribution is 5.13. The third-order valence-corrected chi connectivity index (χ3v) is 3.99. The molecule has 0 aromatic carbocycles. The quantitative estimate of drug-likeness (QED) is 0.760. The number of nitrogens with zero attached hydrogens (tertiary/aromatic N) is 2. The maximum atomic E-state index is 4.03. The lowest BCUT2D eigenvalue weighted by Crippen LogP contribution is -2.38. The van der Waals surface area contributed by atoms with E-state index in [9.17, 15) is 0 Å². The molecule has 1 aliphatic heterocycles. The zero-order valence-electron chi connectivity index (χ0n) is 11.7. The van der Waals surface area contributed by atoms with Gasteiger partial charge < -0.3 is 10.2 Å². The number of aromatic amines is 1. The molecule has 18 heavy (non-hydrogen) atoms. The van der Waals surface area contributed by atoms with Crippen LogP contribution in [0.1, 0.15) is 43.9 Å². The second kappa shape index (κ2) is 6.90. The average molecular weight is 250 g/mol. The summed E-state index contributed by atoms with van der Waals surface area (Å²) in [7, 11) is 0. The summed E-state index contributed by atoms with van der Waals surface area (Å²) in [6, 6.07) is 0.787. The van der Waals surface area contributed by atoms with Crippen LogP contribution in [0.3, 0.4) is 0 Å².